The highest BCUT2D eigenvalue weighted by molar-refractivity contribution is 6.01. The maximum absolute atomic E-state index is 12.3. The fourth-order valence-corrected chi connectivity index (χ4v) is 2.85. The maximum atomic E-state index is 12.3. The molecular formula is C16H16N2O8. The molecule has 3 rings (SSSR count). The molecule has 2 aliphatic heterocycles. The van der Waals surface area contributed by atoms with E-state index in [1.165, 1.54) is 4.90 Å². The van der Waals surface area contributed by atoms with E-state index in [4.69, 9.17) is 19.7 Å². The Balaban J connectivity index is 1.68. The summed E-state index contributed by atoms with van der Waals surface area (Å²) in [7, 11) is 0. The molecule has 0 radical (unpaired) electrons. The number of hydrogen-bond acceptors (Lipinski definition) is 6. The summed E-state index contributed by atoms with van der Waals surface area (Å²) in [6.07, 6.45) is -0.840. The van der Waals surface area contributed by atoms with E-state index in [9.17, 15) is 19.2 Å². The van der Waals surface area contributed by atoms with Crippen LogP contribution in [0, 0.1) is 5.92 Å². The van der Waals surface area contributed by atoms with Crippen molar-refractivity contribution in [1.82, 2.24) is 5.32 Å². The van der Waals surface area contributed by atoms with Gasteiger partial charge in [-0.3, -0.25) is 14.4 Å². The second-order valence-electron chi connectivity index (χ2n) is 5.94. The summed E-state index contributed by atoms with van der Waals surface area (Å²) in [4.78, 5) is 47.7. The van der Waals surface area contributed by atoms with E-state index in [1.54, 1.807) is 18.2 Å². The van der Waals surface area contributed by atoms with E-state index in [1.807, 2.05) is 0 Å². The number of carboxylic acids is 2. The fraction of sp³-hybridized carbons (Fsp3) is 0.375. The number of amides is 2. The molecule has 2 aliphatic rings. The first-order valence-corrected chi connectivity index (χ1v) is 7.80. The number of ether oxygens (including phenoxy) is 2. The molecule has 10 nitrogen and oxygen atoms in total. The standard InChI is InChI=1S/C16H16N2O8/c19-13-3-8(15(22)17-10(16(23)24)5-14(20)21)6-18(13)9-1-2-11-12(4-9)26-7-25-11/h1-2,4,8,10H,3,5-7H2,(H,17,22)(H,20,21)(H,23,24). The number of anilines is 1. The maximum Gasteiger partial charge on any atom is 0.326 e. The summed E-state index contributed by atoms with van der Waals surface area (Å²) in [5, 5.41) is 19.9. The van der Waals surface area contributed by atoms with Crippen LogP contribution in [0.25, 0.3) is 0 Å². The zero-order valence-corrected chi connectivity index (χ0v) is 13.5. The molecule has 1 aromatic rings. The van der Waals surface area contributed by atoms with Crippen molar-refractivity contribution >= 4 is 29.4 Å². The molecule has 2 unspecified atom stereocenters. The zero-order valence-electron chi connectivity index (χ0n) is 13.5. The quantitative estimate of drug-likeness (QED) is 0.630. The first-order valence-electron chi connectivity index (χ1n) is 7.80. The molecule has 2 heterocycles. The summed E-state index contributed by atoms with van der Waals surface area (Å²) in [5.41, 5.74) is 0.537. The Labute approximate surface area is 147 Å². The van der Waals surface area contributed by atoms with Crippen LogP contribution in [0.2, 0.25) is 0 Å². The number of nitrogens with one attached hydrogen (secondary N) is 1. The van der Waals surface area contributed by atoms with Crippen molar-refractivity contribution in [2.75, 3.05) is 18.2 Å². The number of aliphatic carboxylic acids is 2. The largest absolute Gasteiger partial charge is 0.481 e. The summed E-state index contributed by atoms with van der Waals surface area (Å²) < 4.78 is 10.5. The molecule has 26 heavy (non-hydrogen) atoms. The molecule has 1 aromatic carbocycles. The van der Waals surface area contributed by atoms with Crippen LogP contribution in [-0.2, 0) is 19.2 Å². The summed E-state index contributed by atoms with van der Waals surface area (Å²) in [5.74, 6) is -3.48. The molecule has 1 saturated heterocycles. The minimum Gasteiger partial charge on any atom is -0.481 e. The molecule has 138 valence electrons. The van der Waals surface area contributed by atoms with E-state index in [-0.39, 0.29) is 25.7 Å². The topological polar surface area (TPSA) is 142 Å². The molecule has 10 heteroatoms. The number of carboxylic acid groups (broad SMARTS) is 2. The molecule has 0 aromatic heterocycles. The van der Waals surface area contributed by atoms with E-state index in [2.05, 4.69) is 5.32 Å². The minimum absolute atomic E-state index is 0.0592. The third kappa shape index (κ3) is 3.53. The Morgan fingerprint density at radius 2 is 1.96 bits per heavy atom. The van der Waals surface area contributed by atoms with Crippen molar-refractivity contribution in [1.29, 1.82) is 0 Å². The molecule has 3 N–H and O–H groups in total. The van der Waals surface area contributed by atoms with Gasteiger partial charge in [-0.05, 0) is 12.1 Å². The third-order valence-corrected chi connectivity index (χ3v) is 4.16. The van der Waals surface area contributed by atoms with Crippen molar-refractivity contribution in [2.45, 2.75) is 18.9 Å². The monoisotopic (exact) mass is 364 g/mol. The molecule has 0 saturated carbocycles. The molecule has 1 fully saturated rings. The lowest BCUT2D eigenvalue weighted by Crippen LogP contribution is -2.45. The van der Waals surface area contributed by atoms with Gasteiger partial charge in [0.2, 0.25) is 18.6 Å². The Morgan fingerprint density at radius 1 is 1.23 bits per heavy atom. The van der Waals surface area contributed by atoms with Crippen molar-refractivity contribution < 1.29 is 38.9 Å². The van der Waals surface area contributed by atoms with Gasteiger partial charge in [0.25, 0.3) is 0 Å². The summed E-state index contributed by atoms with van der Waals surface area (Å²) in [6, 6.07) is 3.40. The van der Waals surface area contributed by atoms with Gasteiger partial charge >= 0.3 is 11.9 Å². The number of carbonyl (C=O) groups excluding carboxylic acids is 2. The molecule has 0 bridgehead atoms. The van der Waals surface area contributed by atoms with Crippen LogP contribution in [0.1, 0.15) is 12.8 Å². The van der Waals surface area contributed by atoms with Crippen LogP contribution in [-0.4, -0.2) is 53.3 Å². The SMILES string of the molecule is O=C(O)CC(NC(=O)C1CC(=O)N(c2ccc3c(c2)OCO3)C1)C(=O)O. The highest BCUT2D eigenvalue weighted by Gasteiger charge is 2.37. The van der Waals surface area contributed by atoms with Gasteiger partial charge in [-0.15, -0.1) is 0 Å². The van der Waals surface area contributed by atoms with Gasteiger partial charge in [-0.1, -0.05) is 0 Å². The molecule has 0 spiro atoms. The van der Waals surface area contributed by atoms with Gasteiger partial charge in [0.05, 0.1) is 12.3 Å². The van der Waals surface area contributed by atoms with Crippen LogP contribution in [0.15, 0.2) is 18.2 Å². The Bertz CT molecular complexity index is 778. The van der Waals surface area contributed by atoms with Crippen molar-refractivity contribution in [3.8, 4) is 11.5 Å². The first kappa shape index (κ1) is 17.5. The van der Waals surface area contributed by atoms with Gasteiger partial charge in [0, 0.05) is 24.7 Å². The predicted molar refractivity (Wildman–Crippen MR) is 84.8 cm³/mol. The van der Waals surface area contributed by atoms with Gasteiger partial charge < -0.3 is 29.9 Å². The molecule has 2 amide bonds. The Hall–Kier alpha value is -3.30. The highest BCUT2D eigenvalue weighted by Crippen LogP contribution is 2.37. The summed E-state index contributed by atoms with van der Waals surface area (Å²) >= 11 is 0. The summed E-state index contributed by atoms with van der Waals surface area (Å²) in [6.45, 7) is 0.154. The average Bonchev–Trinajstić information content (AvgIpc) is 3.19. The first-order chi connectivity index (χ1) is 12.3. The van der Waals surface area contributed by atoms with Crippen LogP contribution in [0.3, 0.4) is 0 Å². The molecule has 2 atom stereocenters. The third-order valence-electron chi connectivity index (χ3n) is 4.16. The zero-order chi connectivity index (χ0) is 18.8. The lowest BCUT2D eigenvalue weighted by atomic mass is 10.1. The van der Waals surface area contributed by atoms with Gasteiger partial charge in [-0.25, -0.2) is 4.79 Å². The Morgan fingerprint density at radius 3 is 2.65 bits per heavy atom. The average molecular weight is 364 g/mol. The lowest BCUT2D eigenvalue weighted by Gasteiger charge is -2.18. The van der Waals surface area contributed by atoms with Crippen molar-refractivity contribution in [2.24, 2.45) is 5.92 Å². The minimum atomic E-state index is -1.55. The van der Waals surface area contributed by atoms with E-state index in [0.717, 1.165) is 0 Å². The van der Waals surface area contributed by atoms with Gasteiger partial charge in [-0.2, -0.15) is 0 Å². The fourth-order valence-electron chi connectivity index (χ4n) is 2.85. The highest BCUT2D eigenvalue weighted by atomic mass is 16.7. The van der Waals surface area contributed by atoms with Crippen LogP contribution in [0.5, 0.6) is 11.5 Å². The van der Waals surface area contributed by atoms with E-state index >= 15 is 0 Å². The second kappa shape index (κ2) is 6.90. The molecular weight excluding hydrogens is 348 g/mol. The number of fused-ring (bicyclic) bond motifs is 1. The number of hydrogen-bond donors (Lipinski definition) is 3. The van der Waals surface area contributed by atoms with Crippen molar-refractivity contribution in [3.05, 3.63) is 18.2 Å². The molecule has 0 aliphatic carbocycles. The lowest BCUT2D eigenvalue weighted by molar-refractivity contribution is -0.147. The van der Waals surface area contributed by atoms with Gasteiger partial charge in [0.1, 0.15) is 6.04 Å². The number of rotatable bonds is 6. The van der Waals surface area contributed by atoms with Crippen molar-refractivity contribution in [3.63, 3.8) is 0 Å². The van der Waals surface area contributed by atoms with E-state index < -0.39 is 36.2 Å². The smallest absolute Gasteiger partial charge is 0.326 e. The van der Waals surface area contributed by atoms with Crippen LogP contribution >= 0.6 is 0 Å². The Kier molecular flexibility index (Phi) is 4.65. The number of carbonyl (C=O) groups is 4. The van der Waals surface area contributed by atoms with Gasteiger partial charge in [0.15, 0.2) is 11.5 Å². The number of benzene rings is 1. The van der Waals surface area contributed by atoms with Crippen LogP contribution < -0.4 is 19.7 Å². The van der Waals surface area contributed by atoms with Crippen LogP contribution in [0.4, 0.5) is 5.69 Å². The predicted octanol–water partition coefficient (Wildman–Crippen LogP) is -0.188. The second-order valence-corrected chi connectivity index (χ2v) is 5.94. The number of nitrogens with zero attached hydrogens (tertiary/aromatic N) is 1. The normalized spacial score (nSPS) is 19.3. The van der Waals surface area contributed by atoms with E-state index in [0.29, 0.717) is 17.2 Å².